The van der Waals surface area contributed by atoms with Gasteiger partial charge in [-0.15, -0.1) is 0 Å². The van der Waals surface area contributed by atoms with Crippen LogP contribution >= 0.6 is 0 Å². The molecule has 0 bridgehead atoms. The van der Waals surface area contributed by atoms with Crippen LogP contribution in [0, 0.1) is 5.82 Å². The van der Waals surface area contributed by atoms with E-state index >= 15 is 0 Å². The zero-order chi connectivity index (χ0) is 13.8. The Kier molecular flexibility index (Phi) is 4.50. The lowest BCUT2D eigenvalue weighted by molar-refractivity contribution is -0.138. The van der Waals surface area contributed by atoms with E-state index in [0.717, 1.165) is 25.2 Å². The summed E-state index contributed by atoms with van der Waals surface area (Å²) < 4.78 is 12.8. The predicted octanol–water partition coefficient (Wildman–Crippen LogP) is 0.851. The minimum Gasteiger partial charge on any atom is -0.387 e. The highest BCUT2D eigenvalue weighted by Crippen LogP contribution is 2.13. The van der Waals surface area contributed by atoms with E-state index in [1.54, 1.807) is 17.0 Å². The van der Waals surface area contributed by atoms with Gasteiger partial charge in [0, 0.05) is 32.2 Å². The van der Waals surface area contributed by atoms with E-state index in [4.69, 9.17) is 5.11 Å². The van der Waals surface area contributed by atoms with E-state index in [1.165, 1.54) is 12.1 Å². The van der Waals surface area contributed by atoms with Crippen molar-refractivity contribution in [1.82, 2.24) is 9.80 Å². The molecule has 1 aliphatic heterocycles. The van der Waals surface area contributed by atoms with Crippen molar-refractivity contribution in [3.05, 3.63) is 35.6 Å². The summed E-state index contributed by atoms with van der Waals surface area (Å²) in [5, 5.41) is 8.89. The molecule has 2 rings (SSSR count). The molecule has 1 N–H and O–H groups in total. The van der Waals surface area contributed by atoms with E-state index in [-0.39, 0.29) is 17.8 Å². The molecule has 1 aromatic carbocycles. The molecule has 0 spiro atoms. The molecule has 4 nitrogen and oxygen atoms in total. The number of carbonyl (C=O) groups is 1. The zero-order valence-electron chi connectivity index (χ0n) is 11.1. The Morgan fingerprint density at radius 3 is 2.63 bits per heavy atom. The van der Waals surface area contributed by atoms with E-state index < -0.39 is 6.61 Å². The number of halogens is 1. The Balaban J connectivity index is 1.91. The Labute approximate surface area is 112 Å². The van der Waals surface area contributed by atoms with Gasteiger partial charge in [-0.25, -0.2) is 4.39 Å². The minimum atomic E-state index is -0.428. The van der Waals surface area contributed by atoms with Gasteiger partial charge < -0.3 is 10.0 Å². The monoisotopic (exact) mass is 266 g/mol. The molecule has 0 saturated carbocycles. The summed E-state index contributed by atoms with van der Waals surface area (Å²) in [6.45, 7) is 4.47. The Morgan fingerprint density at radius 2 is 2.05 bits per heavy atom. The van der Waals surface area contributed by atoms with Crippen molar-refractivity contribution in [2.45, 2.75) is 19.5 Å². The Morgan fingerprint density at radius 1 is 1.37 bits per heavy atom. The number of amides is 1. The average molecular weight is 266 g/mol. The highest BCUT2D eigenvalue weighted by atomic mass is 19.1. The zero-order valence-corrected chi connectivity index (χ0v) is 11.1. The Bertz CT molecular complexity index is 436. The SMILES string of the molecule is C[C@@H]1CN(Cc2ccc(F)cc2)CCN1C(=O)CO. The van der Waals surface area contributed by atoms with Gasteiger partial charge in [-0.1, -0.05) is 12.1 Å². The number of rotatable bonds is 3. The van der Waals surface area contributed by atoms with Crippen LogP contribution in [0.15, 0.2) is 24.3 Å². The highest BCUT2D eigenvalue weighted by Gasteiger charge is 2.26. The van der Waals surface area contributed by atoms with Crippen LogP contribution in [0.2, 0.25) is 0 Å². The van der Waals surface area contributed by atoms with Crippen molar-refractivity contribution in [2.24, 2.45) is 0 Å². The van der Waals surface area contributed by atoms with Crippen molar-refractivity contribution >= 4 is 5.91 Å². The lowest BCUT2D eigenvalue weighted by atomic mass is 10.1. The summed E-state index contributed by atoms with van der Waals surface area (Å²) in [7, 11) is 0. The summed E-state index contributed by atoms with van der Waals surface area (Å²) in [6.07, 6.45) is 0. The fourth-order valence-electron chi connectivity index (χ4n) is 2.49. The molecule has 1 aliphatic rings. The second-order valence-corrected chi connectivity index (χ2v) is 4.96. The normalized spacial score (nSPS) is 20.6. The van der Waals surface area contributed by atoms with Gasteiger partial charge in [-0.3, -0.25) is 9.69 Å². The van der Waals surface area contributed by atoms with Gasteiger partial charge in [-0.05, 0) is 24.6 Å². The van der Waals surface area contributed by atoms with E-state index in [9.17, 15) is 9.18 Å². The molecule has 19 heavy (non-hydrogen) atoms. The maximum absolute atomic E-state index is 12.8. The second-order valence-electron chi connectivity index (χ2n) is 4.96. The fraction of sp³-hybridized carbons (Fsp3) is 0.500. The van der Waals surface area contributed by atoms with Crippen LogP contribution in [0.4, 0.5) is 4.39 Å². The largest absolute Gasteiger partial charge is 0.387 e. The van der Waals surface area contributed by atoms with E-state index in [0.29, 0.717) is 6.54 Å². The van der Waals surface area contributed by atoms with Crippen LogP contribution in [0.5, 0.6) is 0 Å². The third kappa shape index (κ3) is 3.52. The summed E-state index contributed by atoms with van der Waals surface area (Å²) in [4.78, 5) is 15.4. The van der Waals surface area contributed by atoms with Crippen LogP contribution in [-0.4, -0.2) is 53.1 Å². The maximum Gasteiger partial charge on any atom is 0.248 e. The van der Waals surface area contributed by atoms with Crippen molar-refractivity contribution in [3.8, 4) is 0 Å². The lowest BCUT2D eigenvalue weighted by Gasteiger charge is -2.39. The van der Waals surface area contributed by atoms with Crippen molar-refractivity contribution in [1.29, 1.82) is 0 Å². The smallest absolute Gasteiger partial charge is 0.248 e. The molecule has 0 unspecified atom stereocenters. The van der Waals surface area contributed by atoms with Gasteiger partial charge >= 0.3 is 0 Å². The molecule has 1 heterocycles. The summed E-state index contributed by atoms with van der Waals surface area (Å²) in [5.41, 5.74) is 1.07. The second kappa shape index (κ2) is 6.12. The van der Waals surface area contributed by atoms with Gasteiger partial charge in [0.05, 0.1) is 0 Å². The van der Waals surface area contributed by atoms with Crippen LogP contribution in [0.1, 0.15) is 12.5 Å². The predicted molar refractivity (Wildman–Crippen MR) is 69.9 cm³/mol. The van der Waals surface area contributed by atoms with Gasteiger partial charge in [0.2, 0.25) is 5.91 Å². The molecule has 0 aliphatic carbocycles. The number of aliphatic hydroxyl groups is 1. The van der Waals surface area contributed by atoms with Crippen molar-refractivity contribution in [2.75, 3.05) is 26.2 Å². The number of hydrogen-bond donors (Lipinski definition) is 1. The van der Waals surface area contributed by atoms with Gasteiger partial charge in [0.1, 0.15) is 12.4 Å². The van der Waals surface area contributed by atoms with E-state index in [1.807, 2.05) is 6.92 Å². The van der Waals surface area contributed by atoms with Crippen molar-refractivity contribution < 1.29 is 14.3 Å². The number of piperazine rings is 1. The van der Waals surface area contributed by atoms with Crippen LogP contribution in [0.25, 0.3) is 0 Å². The molecule has 1 aromatic rings. The number of carbonyl (C=O) groups excluding carboxylic acids is 1. The van der Waals surface area contributed by atoms with Gasteiger partial charge in [-0.2, -0.15) is 0 Å². The average Bonchev–Trinajstić information content (AvgIpc) is 2.41. The molecule has 5 heteroatoms. The highest BCUT2D eigenvalue weighted by molar-refractivity contribution is 5.77. The topological polar surface area (TPSA) is 43.8 Å². The third-order valence-corrected chi connectivity index (χ3v) is 3.49. The molecule has 0 aromatic heterocycles. The fourth-order valence-corrected chi connectivity index (χ4v) is 2.49. The number of nitrogens with zero attached hydrogens (tertiary/aromatic N) is 2. The molecular weight excluding hydrogens is 247 g/mol. The first-order chi connectivity index (χ1) is 9.10. The van der Waals surface area contributed by atoms with Gasteiger partial charge in [0.15, 0.2) is 0 Å². The summed E-state index contributed by atoms with van der Waals surface area (Å²) in [5.74, 6) is -0.440. The van der Waals surface area contributed by atoms with Gasteiger partial charge in [0.25, 0.3) is 0 Å². The number of aliphatic hydroxyl groups excluding tert-OH is 1. The first-order valence-corrected chi connectivity index (χ1v) is 6.47. The Hall–Kier alpha value is -1.46. The molecule has 1 fully saturated rings. The molecule has 104 valence electrons. The first kappa shape index (κ1) is 14.0. The van der Waals surface area contributed by atoms with Crippen molar-refractivity contribution in [3.63, 3.8) is 0 Å². The molecule has 1 atom stereocenters. The summed E-state index contributed by atoms with van der Waals surface area (Å²) in [6, 6.07) is 6.58. The number of hydrogen-bond acceptors (Lipinski definition) is 3. The quantitative estimate of drug-likeness (QED) is 0.882. The molecule has 1 saturated heterocycles. The molecule has 1 amide bonds. The third-order valence-electron chi connectivity index (χ3n) is 3.49. The number of benzene rings is 1. The van der Waals surface area contributed by atoms with Crippen LogP contribution < -0.4 is 0 Å². The standard InChI is InChI=1S/C14H19FN2O2/c1-11-8-16(6-7-17(11)14(19)10-18)9-12-2-4-13(15)5-3-12/h2-5,11,18H,6-10H2,1H3/t11-/m1/s1. The maximum atomic E-state index is 12.8. The summed E-state index contributed by atoms with van der Waals surface area (Å²) >= 11 is 0. The van der Waals surface area contributed by atoms with E-state index in [2.05, 4.69) is 4.90 Å². The lowest BCUT2D eigenvalue weighted by Crippen LogP contribution is -2.54. The minimum absolute atomic E-state index is 0.0915. The molecule has 0 radical (unpaired) electrons. The van der Waals surface area contributed by atoms with Crippen LogP contribution in [0.3, 0.4) is 0 Å². The molecular formula is C14H19FN2O2. The first-order valence-electron chi connectivity index (χ1n) is 6.47. The van der Waals surface area contributed by atoms with Crippen LogP contribution in [-0.2, 0) is 11.3 Å².